The van der Waals surface area contributed by atoms with Crippen LogP contribution in [-0.4, -0.2) is 13.2 Å². The first kappa shape index (κ1) is 24.3. The van der Waals surface area contributed by atoms with Crippen LogP contribution in [0.25, 0.3) is 22.3 Å². The van der Waals surface area contributed by atoms with Crippen LogP contribution in [0.5, 0.6) is 5.75 Å². The van der Waals surface area contributed by atoms with Gasteiger partial charge in [0.05, 0.1) is 19.3 Å². The SMILES string of the molecule is CCCOc1ccc(-c2ccc(-c3ccc(C4CCC(CCC)CO4)c(F)c3)cc2)c(F)c1F. The molecular weight excluding hydrogens is 437 g/mol. The maximum absolute atomic E-state index is 15.0. The van der Waals surface area contributed by atoms with Gasteiger partial charge in [0.2, 0.25) is 5.82 Å². The third-order valence-corrected chi connectivity index (χ3v) is 6.45. The molecule has 1 heterocycles. The molecule has 0 saturated carbocycles. The molecule has 5 heteroatoms. The van der Waals surface area contributed by atoms with Crippen LogP contribution >= 0.6 is 0 Å². The van der Waals surface area contributed by atoms with Crippen LogP contribution in [0.1, 0.15) is 57.6 Å². The highest BCUT2D eigenvalue weighted by Crippen LogP contribution is 2.36. The highest BCUT2D eigenvalue weighted by molar-refractivity contribution is 5.71. The summed E-state index contributed by atoms with van der Waals surface area (Å²) in [5.41, 5.74) is 2.81. The summed E-state index contributed by atoms with van der Waals surface area (Å²) in [5, 5.41) is 0. The van der Waals surface area contributed by atoms with Crippen molar-refractivity contribution >= 4 is 0 Å². The normalized spacial score (nSPS) is 18.1. The summed E-state index contributed by atoms with van der Waals surface area (Å²) >= 11 is 0. The van der Waals surface area contributed by atoms with Crippen LogP contribution < -0.4 is 4.74 Å². The van der Waals surface area contributed by atoms with Gasteiger partial charge in [-0.1, -0.05) is 56.7 Å². The van der Waals surface area contributed by atoms with Crippen LogP contribution in [0.15, 0.2) is 54.6 Å². The summed E-state index contributed by atoms with van der Waals surface area (Å²) in [4.78, 5) is 0. The quantitative estimate of drug-likeness (QED) is 0.330. The molecular formula is C29H31F3O2. The molecule has 0 radical (unpaired) electrons. The van der Waals surface area contributed by atoms with E-state index >= 15 is 0 Å². The molecule has 3 aromatic carbocycles. The van der Waals surface area contributed by atoms with Crippen molar-refractivity contribution in [3.8, 4) is 28.0 Å². The fourth-order valence-electron chi connectivity index (χ4n) is 4.58. The van der Waals surface area contributed by atoms with E-state index in [-0.39, 0.29) is 23.2 Å². The summed E-state index contributed by atoms with van der Waals surface area (Å²) < 4.78 is 55.1. The molecule has 1 aliphatic heterocycles. The van der Waals surface area contributed by atoms with Gasteiger partial charge in [-0.15, -0.1) is 0 Å². The van der Waals surface area contributed by atoms with Gasteiger partial charge in [-0.3, -0.25) is 0 Å². The van der Waals surface area contributed by atoms with Crippen molar-refractivity contribution in [3.63, 3.8) is 0 Å². The number of ether oxygens (including phenoxy) is 2. The van der Waals surface area contributed by atoms with Gasteiger partial charge in [-0.25, -0.2) is 8.78 Å². The Kier molecular flexibility index (Phi) is 7.94. The Morgan fingerprint density at radius 1 is 0.824 bits per heavy atom. The zero-order valence-electron chi connectivity index (χ0n) is 19.8. The van der Waals surface area contributed by atoms with E-state index in [9.17, 15) is 13.2 Å². The summed E-state index contributed by atoms with van der Waals surface area (Å²) in [6.07, 6.45) is 4.69. The van der Waals surface area contributed by atoms with E-state index in [1.807, 2.05) is 13.0 Å². The van der Waals surface area contributed by atoms with E-state index in [1.165, 1.54) is 18.2 Å². The highest BCUT2D eigenvalue weighted by Gasteiger charge is 2.25. The van der Waals surface area contributed by atoms with Crippen LogP contribution in [-0.2, 0) is 4.74 Å². The fourth-order valence-corrected chi connectivity index (χ4v) is 4.58. The first-order valence-electron chi connectivity index (χ1n) is 12.1. The molecule has 4 rings (SSSR count). The molecule has 3 aromatic rings. The second kappa shape index (κ2) is 11.1. The minimum atomic E-state index is -0.987. The zero-order chi connectivity index (χ0) is 24.1. The maximum atomic E-state index is 15.0. The van der Waals surface area contributed by atoms with Crippen molar-refractivity contribution in [2.45, 2.75) is 52.1 Å². The second-order valence-electron chi connectivity index (χ2n) is 8.96. The average molecular weight is 469 g/mol. The van der Waals surface area contributed by atoms with Crippen molar-refractivity contribution in [2.24, 2.45) is 5.92 Å². The molecule has 0 spiro atoms. The van der Waals surface area contributed by atoms with Crippen LogP contribution in [0.2, 0.25) is 0 Å². The molecule has 180 valence electrons. The molecule has 2 atom stereocenters. The minimum Gasteiger partial charge on any atom is -0.490 e. The van der Waals surface area contributed by atoms with Crippen molar-refractivity contribution < 1.29 is 22.6 Å². The van der Waals surface area contributed by atoms with Crippen molar-refractivity contribution in [2.75, 3.05) is 13.2 Å². The van der Waals surface area contributed by atoms with Crippen molar-refractivity contribution in [1.82, 2.24) is 0 Å². The third kappa shape index (κ3) is 5.30. The van der Waals surface area contributed by atoms with Gasteiger partial charge in [-0.2, -0.15) is 4.39 Å². The van der Waals surface area contributed by atoms with Crippen LogP contribution in [0, 0.1) is 23.4 Å². The number of benzene rings is 3. The molecule has 34 heavy (non-hydrogen) atoms. The van der Waals surface area contributed by atoms with Gasteiger partial charge in [0.25, 0.3) is 0 Å². The Hall–Kier alpha value is -2.79. The van der Waals surface area contributed by atoms with Gasteiger partial charge < -0.3 is 9.47 Å². The number of hydrogen-bond acceptors (Lipinski definition) is 2. The second-order valence-corrected chi connectivity index (χ2v) is 8.96. The van der Waals surface area contributed by atoms with Gasteiger partial charge >= 0.3 is 0 Å². The molecule has 1 fully saturated rings. The van der Waals surface area contributed by atoms with Crippen LogP contribution in [0.4, 0.5) is 13.2 Å². The summed E-state index contributed by atoms with van der Waals surface area (Å²) in [7, 11) is 0. The Morgan fingerprint density at radius 2 is 1.56 bits per heavy atom. The molecule has 0 aromatic heterocycles. The molecule has 1 saturated heterocycles. The zero-order valence-corrected chi connectivity index (χ0v) is 19.8. The van der Waals surface area contributed by atoms with E-state index in [0.29, 0.717) is 36.7 Å². The largest absolute Gasteiger partial charge is 0.490 e. The molecule has 1 aliphatic rings. The van der Waals surface area contributed by atoms with Crippen molar-refractivity contribution in [3.05, 3.63) is 77.6 Å². The van der Waals surface area contributed by atoms with E-state index in [1.54, 1.807) is 30.3 Å². The molecule has 2 nitrogen and oxygen atoms in total. The van der Waals surface area contributed by atoms with E-state index in [0.717, 1.165) is 36.8 Å². The molecule has 0 amide bonds. The first-order valence-corrected chi connectivity index (χ1v) is 12.1. The van der Waals surface area contributed by atoms with Gasteiger partial charge in [-0.05, 0) is 66.5 Å². The molecule has 0 bridgehead atoms. The van der Waals surface area contributed by atoms with Crippen LogP contribution in [0.3, 0.4) is 0 Å². The first-order chi connectivity index (χ1) is 16.5. The third-order valence-electron chi connectivity index (χ3n) is 6.45. The summed E-state index contributed by atoms with van der Waals surface area (Å²) in [5.74, 6) is -1.72. The number of halogens is 3. The maximum Gasteiger partial charge on any atom is 0.201 e. The lowest BCUT2D eigenvalue weighted by molar-refractivity contribution is -0.0211. The lowest BCUT2D eigenvalue weighted by Gasteiger charge is -2.29. The van der Waals surface area contributed by atoms with E-state index in [4.69, 9.17) is 9.47 Å². The van der Waals surface area contributed by atoms with Gasteiger partial charge in [0, 0.05) is 11.1 Å². The van der Waals surface area contributed by atoms with E-state index in [2.05, 4.69) is 6.92 Å². The molecule has 0 N–H and O–H groups in total. The average Bonchev–Trinajstić information content (AvgIpc) is 2.86. The molecule has 0 aliphatic carbocycles. The predicted molar refractivity (Wildman–Crippen MR) is 129 cm³/mol. The predicted octanol–water partition coefficient (Wildman–Crippen LogP) is 8.49. The standard InChI is InChI=1S/C29H31F3O2/c1-3-5-19-6-14-26(34-18-19)24-12-11-22(17-25(24)30)20-7-9-21(10-8-20)23-13-15-27(33-16-4-2)29(32)28(23)31/h7-13,15,17,19,26H,3-6,14,16,18H2,1-2H3. The monoisotopic (exact) mass is 468 g/mol. The van der Waals surface area contributed by atoms with E-state index < -0.39 is 11.6 Å². The fraction of sp³-hybridized carbons (Fsp3) is 0.379. The lowest BCUT2D eigenvalue weighted by atomic mass is 9.91. The lowest BCUT2D eigenvalue weighted by Crippen LogP contribution is -2.21. The Bertz CT molecular complexity index is 1100. The Labute approximate surface area is 199 Å². The Morgan fingerprint density at radius 3 is 2.21 bits per heavy atom. The topological polar surface area (TPSA) is 18.5 Å². The number of hydrogen-bond donors (Lipinski definition) is 0. The summed E-state index contributed by atoms with van der Waals surface area (Å²) in [6, 6.07) is 15.2. The van der Waals surface area contributed by atoms with Gasteiger partial charge in [0.15, 0.2) is 11.6 Å². The highest BCUT2D eigenvalue weighted by atomic mass is 19.2. The molecule has 2 unspecified atom stereocenters. The Balaban J connectivity index is 1.49. The van der Waals surface area contributed by atoms with Crippen molar-refractivity contribution in [1.29, 1.82) is 0 Å². The number of rotatable bonds is 8. The van der Waals surface area contributed by atoms with Gasteiger partial charge in [0.1, 0.15) is 5.82 Å². The summed E-state index contributed by atoms with van der Waals surface area (Å²) in [6.45, 7) is 5.08. The minimum absolute atomic E-state index is 0.0851. The smallest absolute Gasteiger partial charge is 0.201 e.